The molecular formula is C11H17NO4. The summed E-state index contributed by atoms with van der Waals surface area (Å²) in [6.07, 6.45) is 2.28. The second kappa shape index (κ2) is 4.31. The van der Waals surface area contributed by atoms with Crippen molar-refractivity contribution in [2.75, 3.05) is 13.7 Å². The van der Waals surface area contributed by atoms with Gasteiger partial charge in [-0.25, -0.2) is 4.79 Å². The van der Waals surface area contributed by atoms with Crippen molar-refractivity contribution < 1.29 is 19.1 Å². The van der Waals surface area contributed by atoms with Gasteiger partial charge in [0.1, 0.15) is 0 Å². The molecule has 2 fully saturated rings. The lowest BCUT2D eigenvalue weighted by Gasteiger charge is -2.22. The zero-order valence-electron chi connectivity index (χ0n) is 9.64. The van der Waals surface area contributed by atoms with Crippen LogP contribution in [0.5, 0.6) is 0 Å². The first-order valence-corrected chi connectivity index (χ1v) is 5.72. The molecule has 0 aromatic carbocycles. The van der Waals surface area contributed by atoms with E-state index in [4.69, 9.17) is 9.47 Å². The van der Waals surface area contributed by atoms with Crippen molar-refractivity contribution in [3.8, 4) is 0 Å². The van der Waals surface area contributed by atoms with Crippen molar-refractivity contribution in [2.24, 2.45) is 5.92 Å². The van der Waals surface area contributed by atoms with Crippen LogP contribution in [0.4, 0.5) is 4.79 Å². The maximum absolute atomic E-state index is 11.7. The molecule has 0 N–H and O–H groups in total. The normalized spacial score (nSPS) is 31.6. The molecule has 2 saturated heterocycles. The van der Waals surface area contributed by atoms with E-state index in [1.54, 1.807) is 11.8 Å². The molecule has 5 heteroatoms. The third-order valence-corrected chi connectivity index (χ3v) is 3.52. The second-order valence-electron chi connectivity index (χ2n) is 4.27. The fraction of sp³-hybridized carbons (Fsp3) is 0.818. The lowest BCUT2D eigenvalue weighted by molar-refractivity contribution is -0.146. The highest BCUT2D eigenvalue weighted by atomic mass is 16.6. The summed E-state index contributed by atoms with van der Waals surface area (Å²) in [6, 6.07) is 0.143. The Bertz CT molecular complexity index is 304. The number of carbonyl (C=O) groups excluding carboxylic acids is 2. The molecule has 1 amide bonds. The molecule has 2 aliphatic rings. The fourth-order valence-corrected chi connectivity index (χ4v) is 2.88. The van der Waals surface area contributed by atoms with E-state index >= 15 is 0 Å². The van der Waals surface area contributed by atoms with Gasteiger partial charge in [-0.05, 0) is 26.2 Å². The number of hydrogen-bond donors (Lipinski definition) is 0. The molecular weight excluding hydrogens is 210 g/mol. The van der Waals surface area contributed by atoms with Gasteiger partial charge in [-0.1, -0.05) is 0 Å². The third-order valence-electron chi connectivity index (χ3n) is 3.52. The van der Waals surface area contributed by atoms with Crippen LogP contribution in [0.2, 0.25) is 0 Å². The lowest BCUT2D eigenvalue weighted by atomic mass is 9.89. The summed E-state index contributed by atoms with van der Waals surface area (Å²) < 4.78 is 9.76. The summed E-state index contributed by atoms with van der Waals surface area (Å²) in [5.74, 6) is -0.366. The fourth-order valence-electron chi connectivity index (χ4n) is 2.88. The molecule has 2 aliphatic heterocycles. The molecule has 2 bridgehead atoms. The van der Waals surface area contributed by atoms with Gasteiger partial charge in [-0.3, -0.25) is 4.79 Å². The Morgan fingerprint density at radius 2 is 2.12 bits per heavy atom. The molecule has 2 heterocycles. The first kappa shape index (κ1) is 11.2. The van der Waals surface area contributed by atoms with Gasteiger partial charge >= 0.3 is 12.1 Å². The van der Waals surface area contributed by atoms with Crippen molar-refractivity contribution in [1.29, 1.82) is 0 Å². The van der Waals surface area contributed by atoms with E-state index in [1.807, 2.05) is 0 Å². The van der Waals surface area contributed by atoms with Crippen LogP contribution in [0.3, 0.4) is 0 Å². The monoisotopic (exact) mass is 227 g/mol. The van der Waals surface area contributed by atoms with Crippen LogP contribution in [0, 0.1) is 5.92 Å². The van der Waals surface area contributed by atoms with E-state index in [1.165, 1.54) is 7.11 Å². The van der Waals surface area contributed by atoms with Gasteiger partial charge in [0.15, 0.2) is 0 Å². The molecule has 0 saturated carbocycles. The molecule has 0 spiro atoms. The van der Waals surface area contributed by atoms with Gasteiger partial charge in [-0.15, -0.1) is 0 Å². The maximum atomic E-state index is 11.7. The van der Waals surface area contributed by atoms with Crippen LogP contribution in [0.1, 0.15) is 26.2 Å². The Hall–Kier alpha value is -1.26. The highest BCUT2D eigenvalue weighted by molar-refractivity contribution is 5.77. The topological polar surface area (TPSA) is 55.8 Å². The number of fused-ring (bicyclic) bond motifs is 2. The van der Waals surface area contributed by atoms with Gasteiger partial charge in [0.2, 0.25) is 0 Å². The largest absolute Gasteiger partial charge is 0.469 e. The molecule has 3 atom stereocenters. The standard InChI is InChI=1S/C11H17NO4/c1-3-16-11(14)12-7-4-5-9(12)8(6-7)10(13)15-2/h7-9H,3-6H2,1-2H3/t7-,8-,9+/m1/s1. The lowest BCUT2D eigenvalue weighted by Crippen LogP contribution is -2.38. The summed E-state index contributed by atoms with van der Waals surface area (Å²) >= 11 is 0. The Morgan fingerprint density at radius 1 is 1.38 bits per heavy atom. The van der Waals surface area contributed by atoms with Crippen molar-refractivity contribution >= 4 is 12.1 Å². The van der Waals surface area contributed by atoms with Gasteiger partial charge in [0, 0.05) is 12.1 Å². The quantitative estimate of drug-likeness (QED) is 0.664. The first-order chi connectivity index (χ1) is 7.69. The molecule has 2 rings (SSSR count). The molecule has 5 nitrogen and oxygen atoms in total. The Morgan fingerprint density at radius 3 is 2.75 bits per heavy atom. The maximum Gasteiger partial charge on any atom is 0.410 e. The van der Waals surface area contributed by atoms with E-state index in [9.17, 15) is 9.59 Å². The Labute approximate surface area is 94.7 Å². The number of esters is 1. The average Bonchev–Trinajstić information content (AvgIpc) is 2.85. The summed E-state index contributed by atoms with van der Waals surface area (Å²) in [5.41, 5.74) is 0. The van der Waals surface area contributed by atoms with Crippen LogP contribution in [0.15, 0.2) is 0 Å². The summed E-state index contributed by atoms with van der Waals surface area (Å²) in [4.78, 5) is 25.0. The SMILES string of the molecule is CCOC(=O)N1[C@@H]2CC[C@H]1[C@H](C(=O)OC)C2. The Balaban J connectivity index is 2.07. The number of ether oxygens (including phenoxy) is 2. The zero-order valence-corrected chi connectivity index (χ0v) is 9.64. The van der Waals surface area contributed by atoms with Crippen LogP contribution in [0.25, 0.3) is 0 Å². The summed E-state index contributed by atoms with van der Waals surface area (Å²) in [5, 5.41) is 0. The average molecular weight is 227 g/mol. The van der Waals surface area contributed by atoms with Gasteiger partial charge in [0.05, 0.1) is 19.6 Å². The molecule has 0 aromatic heterocycles. The smallest absolute Gasteiger partial charge is 0.410 e. The minimum atomic E-state index is -0.290. The van der Waals surface area contributed by atoms with Crippen LogP contribution < -0.4 is 0 Å². The molecule has 0 aromatic rings. The van der Waals surface area contributed by atoms with Crippen molar-refractivity contribution in [3.05, 3.63) is 0 Å². The van der Waals surface area contributed by atoms with Gasteiger partial charge in [-0.2, -0.15) is 0 Å². The molecule has 16 heavy (non-hydrogen) atoms. The molecule has 0 unspecified atom stereocenters. The minimum Gasteiger partial charge on any atom is -0.469 e. The Kier molecular flexibility index (Phi) is 3.03. The predicted molar refractivity (Wildman–Crippen MR) is 55.8 cm³/mol. The number of nitrogens with zero attached hydrogens (tertiary/aromatic N) is 1. The summed E-state index contributed by atoms with van der Waals surface area (Å²) in [7, 11) is 1.39. The highest BCUT2D eigenvalue weighted by Gasteiger charge is 2.52. The molecule has 90 valence electrons. The second-order valence-corrected chi connectivity index (χ2v) is 4.27. The van der Waals surface area contributed by atoms with E-state index < -0.39 is 0 Å². The molecule has 0 radical (unpaired) electrons. The van der Waals surface area contributed by atoms with Gasteiger partial charge in [0.25, 0.3) is 0 Å². The van der Waals surface area contributed by atoms with Crippen LogP contribution >= 0.6 is 0 Å². The van der Waals surface area contributed by atoms with Gasteiger partial charge < -0.3 is 14.4 Å². The minimum absolute atomic E-state index is 0.0171. The first-order valence-electron chi connectivity index (χ1n) is 5.72. The van der Waals surface area contributed by atoms with Crippen molar-refractivity contribution in [2.45, 2.75) is 38.3 Å². The van der Waals surface area contributed by atoms with Crippen molar-refractivity contribution in [1.82, 2.24) is 4.90 Å². The zero-order chi connectivity index (χ0) is 11.7. The van der Waals surface area contributed by atoms with E-state index in [-0.39, 0.29) is 30.1 Å². The number of amides is 1. The predicted octanol–water partition coefficient (Wildman–Crippen LogP) is 1.17. The van der Waals surface area contributed by atoms with E-state index in [0.29, 0.717) is 6.61 Å². The number of carbonyl (C=O) groups is 2. The molecule has 0 aliphatic carbocycles. The van der Waals surface area contributed by atoms with Crippen LogP contribution in [-0.4, -0.2) is 42.8 Å². The summed E-state index contributed by atoms with van der Waals surface area (Å²) in [6.45, 7) is 2.16. The van der Waals surface area contributed by atoms with Crippen molar-refractivity contribution in [3.63, 3.8) is 0 Å². The van der Waals surface area contributed by atoms with E-state index in [2.05, 4.69) is 0 Å². The number of hydrogen-bond acceptors (Lipinski definition) is 4. The third kappa shape index (κ3) is 1.64. The number of methoxy groups -OCH3 is 1. The number of rotatable bonds is 2. The highest BCUT2D eigenvalue weighted by Crippen LogP contribution is 2.42. The van der Waals surface area contributed by atoms with Crippen LogP contribution in [-0.2, 0) is 14.3 Å². The van der Waals surface area contributed by atoms with E-state index in [0.717, 1.165) is 19.3 Å².